The Morgan fingerprint density at radius 1 is 0.895 bits per heavy atom. The molecular formula is C17H17NO. The van der Waals surface area contributed by atoms with E-state index in [9.17, 15) is 5.11 Å². The van der Waals surface area contributed by atoms with E-state index in [1.165, 1.54) is 22.3 Å². The summed E-state index contributed by atoms with van der Waals surface area (Å²) in [6.45, 7) is 1.77. The quantitative estimate of drug-likeness (QED) is 0.842. The number of likely N-dealkylation sites (tertiary alicyclic amines) is 1. The minimum Gasteiger partial charge on any atom is -0.392 e. The van der Waals surface area contributed by atoms with Gasteiger partial charge < -0.3 is 5.11 Å². The molecule has 1 N–H and O–H groups in total. The third-order valence-corrected chi connectivity index (χ3v) is 4.36. The number of rotatable bonds is 1. The van der Waals surface area contributed by atoms with Crippen LogP contribution in [0.4, 0.5) is 0 Å². The molecule has 96 valence electrons. The van der Waals surface area contributed by atoms with Crippen molar-refractivity contribution in [2.24, 2.45) is 0 Å². The van der Waals surface area contributed by atoms with Crippen molar-refractivity contribution in [3.05, 3.63) is 59.7 Å². The van der Waals surface area contributed by atoms with Gasteiger partial charge >= 0.3 is 0 Å². The fraction of sp³-hybridized carbons (Fsp3) is 0.294. The highest BCUT2D eigenvalue weighted by atomic mass is 16.3. The van der Waals surface area contributed by atoms with Gasteiger partial charge in [-0.15, -0.1) is 0 Å². The molecule has 0 amide bonds. The van der Waals surface area contributed by atoms with Crippen molar-refractivity contribution in [3.8, 4) is 11.1 Å². The highest BCUT2D eigenvalue weighted by Gasteiger charge is 2.35. The van der Waals surface area contributed by atoms with Gasteiger partial charge in [-0.25, -0.2) is 0 Å². The second-order valence-corrected chi connectivity index (χ2v) is 5.51. The molecule has 1 fully saturated rings. The predicted molar refractivity (Wildman–Crippen MR) is 75.9 cm³/mol. The van der Waals surface area contributed by atoms with Crippen LogP contribution in [0, 0.1) is 0 Å². The number of hydrogen-bond acceptors (Lipinski definition) is 2. The summed E-state index contributed by atoms with van der Waals surface area (Å²) >= 11 is 0. The van der Waals surface area contributed by atoms with Gasteiger partial charge in [0.25, 0.3) is 0 Å². The molecule has 19 heavy (non-hydrogen) atoms. The molecule has 0 saturated carbocycles. The van der Waals surface area contributed by atoms with Crippen LogP contribution in [0.1, 0.15) is 23.6 Å². The Morgan fingerprint density at radius 2 is 1.47 bits per heavy atom. The highest BCUT2D eigenvalue weighted by Crippen LogP contribution is 2.46. The lowest BCUT2D eigenvalue weighted by atomic mass is 10.0. The van der Waals surface area contributed by atoms with Crippen molar-refractivity contribution in [2.75, 3.05) is 13.1 Å². The van der Waals surface area contributed by atoms with Crippen LogP contribution in [-0.2, 0) is 0 Å². The summed E-state index contributed by atoms with van der Waals surface area (Å²) in [5, 5.41) is 9.81. The second-order valence-electron chi connectivity index (χ2n) is 5.51. The zero-order valence-corrected chi connectivity index (χ0v) is 10.8. The van der Waals surface area contributed by atoms with Crippen molar-refractivity contribution < 1.29 is 5.11 Å². The minimum atomic E-state index is -0.167. The number of aliphatic hydroxyl groups excluding tert-OH is 1. The Bertz CT molecular complexity index is 577. The number of benzene rings is 2. The molecule has 2 aromatic rings. The Balaban J connectivity index is 1.87. The molecule has 2 nitrogen and oxygen atoms in total. The van der Waals surface area contributed by atoms with Crippen LogP contribution in [0.3, 0.4) is 0 Å². The summed E-state index contributed by atoms with van der Waals surface area (Å²) in [5.74, 6) is 0. The average molecular weight is 251 g/mol. The molecular weight excluding hydrogens is 234 g/mol. The van der Waals surface area contributed by atoms with Gasteiger partial charge in [-0.05, 0) is 28.7 Å². The molecule has 1 heterocycles. The van der Waals surface area contributed by atoms with E-state index in [0.717, 1.165) is 19.5 Å². The highest BCUT2D eigenvalue weighted by molar-refractivity contribution is 5.78. The molecule has 1 atom stereocenters. The number of hydrogen-bond donors (Lipinski definition) is 1. The molecule has 0 aromatic heterocycles. The maximum absolute atomic E-state index is 9.81. The molecule has 0 unspecified atom stereocenters. The molecule has 2 heteroatoms. The monoisotopic (exact) mass is 251 g/mol. The van der Waals surface area contributed by atoms with E-state index in [0.29, 0.717) is 6.04 Å². The van der Waals surface area contributed by atoms with Crippen molar-refractivity contribution in [1.29, 1.82) is 0 Å². The van der Waals surface area contributed by atoms with Crippen LogP contribution in [-0.4, -0.2) is 29.2 Å². The lowest BCUT2D eigenvalue weighted by Gasteiger charge is -2.25. The van der Waals surface area contributed by atoms with Gasteiger partial charge in [0.2, 0.25) is 0 Å². The van der Waals surface area contributed by atoms with Gasteiger partial charge in [-0.1, -0.05) is 48.5 Å². The van der Waals surface area contributed by atoms with Gasteiger partial charge in [0, 0.05) is 13.1 Å². The van der Waals surface area contributed by atoms with Gasteiger partial charge in [0.1, 0.15) is 0 Å². The predicted octanol–water partition coefficient (Wildman–Crippen LogP) is 2.82. The lowest BCUT2D eigenvalue weighted by Crippen LogP contribution is -2.27. The summed E-state index contributed by atoms with van der Waals surface area (Å²) < 4.78 is 0. The van der Waals surface area contributed by atoms with Crippen LogP contribution < -0.4 is 0 Å². The van der Waals surface area contributed by atoms with Crippen LogP contribution in [0.15, 0.2) is 48.5 Å². The van der Waals surface area contributed by atoms with E-state index in [-0.39, 0.29) is 6.10 Å². The van der Waals surface area contributed by atoms with Crippen LogP contribution in [0.25, 0.3) is 11.1 Å². The Kier molecular flexibility index (Phi) is 2.47. The molecule has 2 aromatic carbocycles. The van der Waals surface area contributed by atoms with Crippen LogP contribution in [0.5, 0.6) is 0 Å². The molecule has 1 aliphatic carbocycles. The average Bonchev–Trinajstić information content (AvgIpc) is 3.00. The van der Waals surface area contributed by atoms with E-state index >= 15 is 0 Å². The van der Waals surface area contributed by atoms with Gasteiger partial charge in [0.15, 0.2) is 0 Å². The van der Waals surface area contributed by atoms with E-state index in [4.69, 9.17) is 0 Å². The summed E-state index contributed by atoms with van der Waals surface area (Å²) in [6.07, 6.45) is 0.723. The summed E-state index contributed by atoms with van der Waals surface area (Å²) in [6, 6.07) is 17.6. The lowest BCUT2D eigenvalue weighted by molar-refractivity contribution is 0.168. The van der Waals surface area contributed by atoms with Crippen molar-refractivity contribution in [3.63, 3.8) is 0 Å². The van der Waals surface area contributed by atoms with Gasteiger partial charge in [0.05, 0.1) is 12.1 Å². The van der Waals surface area contributed by atoms with Crippen LogP contribution >= 0.6 is 0 Å². The van der Waals surface area contributed by atoms with Gasteiger partial charge in [-0.3, -0.25) is 4.90 Å². The second kappa shape index (κ2) is 4.19. The first kappa shape index (κ1) is 11.2. The normalized spacial score (nSPS) is 22.5. The van der Waals surface area contributed by atoms with Gasteiger partial charge in [-0.2, -0.15) is 0 Å². The SMILES string of the molecule is O[C@@H]1CCN(C2c3ccccc3-c3ccccc32)C1. The fourth-order valence-corrected chi connectivity index (χ4v) is 3.53. The largest absolute Gasteiger partial charge is 0.392 e. The molecule has 1 saturated heterocycles. The molecule has 0 bridgehead atoms. The number of fused-ring (bicyclic) bond motifs is 3. The Labute approximate surface area is 113 Å². The zero-order valence-electron chi connectivity index (χ0n) is 10.8. The first-order valence-electron chi connectivity index (χ1n) is 6.95. The summed E-state index contributed by atoms with van der Waals surface area (Å²) in [7, 11) is 0. The maximum atomic E-state index is 9.81. The topological polar surface area (TPSA) is 23.5 Å². The minimum absolute atomic E-state index is 0.167. The first-order valence-corrected chi connectivity index (χ1v) is 6.95. The van der Waals surface area contributed by atoms with Crippen molar-refractivity contribution >= 4 is 0 Å². The standard InChI is InChI=1S/C17H17NO/c19-12-9-10-18(11-12)17-15-7-3-1-5-13(15)14-6-2-4-8-16(14)17/h1-8,12,17,19H,9-11H2/t12-/m1/s1. The molecule has 1 aliphatic heterocycles. The number of nitrogens with zero attached hydrogens (tertiary/aromatic N) is 1. The zero-order chi connectivity index (χ0) is 12.8. The first-order chi connectivity index (χ1) is 9.34. The third kappa shape index (κ3) is 1.64. The molecule has 0 radical (unpaired) electrons. The summed E-state index contributed by atoms with van der Waals surface area (Å²) in [4.78, 5) is 2.41. The Hall–Kier alpha value is -1.64. The summed E-state index contributed by atoms with van der Waals surface area (Å²) in [5.41, 5.74) is 5.48. The van der Waals surface area contributed by atoms with E-state index in [1.807, 2.05) is 0 Å². The molecule has 2 aliphatic rings. The maximum Gasteiger partial charge on any atom is 0.0679 e. The molecule has 4 rings (SSSR count). The molecule has 0 spiro atoms. The van der Waals surface area contributed by atoms with E-state index in [1.54, 1.807) is 0 Å². The van der Waals surface area contributed by atoms with Crippen molar-refractivity contribution in [1.82, 2.24) is 4.90 Å². The smallest absolute Gasteiger partial charge is 0.0679 e. The van der Waals surface area contributed by atoms with Crippen LogP contribution in [0.2, 0.25) is 0 Å². The third-order valence-electron chi connectivity index (χ3n) is 4.36. The number of β-amino-alcohol motifs (C(OH)–C–C–N with tert-alkyl or cyclic N) is 1. The van der Waals surface area contributed by atoms with E-state index in [2.05, 4.69) is 53.4 Å². The number of aliphatic hydroxyl groups is 1. The van der Waals surface area contributed by atoms with Crippen molar-refractivity contribution in [2.45, 2.75) is 18.6 Å². The van der Waals surface area contributed by atoms with E-state index < -0.39 is 0 Å². The fourth-order valence-electron chi connectivity index (χ4n) is 3.53. The Morgan fingerprint density at radius 3 is 2.00 bits per heavy atom.